The monoisotopic (exact) mass is 580 g/mol. The number of amides is 1. The number of carbonyl (C=O) groups is 2. The van der Waals surface area contributed by atoms with Gasteiger partial charge >= 0.3 is 5.97 Å². The predicted octanol–water partition coefficient (Wildman–Crippen LogP) is 4.03. The molecule has 228 valence electrons. The summed E-state index contributed by atoms with van der Waals surface area (Å²) >= 11 is 0. The molecule has 2 bridgehead atoms. The minimum Gasteiger partial charge on any atom is -0.496 e. The zero-order chi connectivity index (χ0) is 30.5. The van der Waals surface area contributed by atoms with Gasteiger partial charge in [0.1, 0.15) is 17.9 Å². The average Bonchev–Trinajstić information content (AvgIpc) is 3.31. The van der Waals surface area contributed by atoms with Crippen LogP contribution in [0.25, 0.3) is 11.1 Å². The maximum Gasteiger partial charge on any atom is 0.335 e. The highest BCUT2D eigenvalue weighted by atomic mass is 16.7. The van der Waals surface area contributed by atoms with Crippen LogP contribution in [-0.2, 0) is 16.2 Å². The van der Waals surface area contributed by atoms with Gasteiger partial charge in [0, 0.05) is 23.1 Å². The fraction of sp³-hybridized carbons (Fsp3) is 0.576. The molecule has 3 saturated carbocycles. The zero-order valence-electron chi connectivity index (χ0n) is 25.3. The third-order valence-corrected chi connectivity index (χ3v) is 10.3. The molecule has 1 amide bonds. The largest absolute Gasteiger partial charge is 0.496 e. The van der Waals surface area contributed by atoms with Crippen LogP contribution in [0.4, 0.5) is 0 Å². The van der Waals surface area contributed by atoms with Gasteiger partial charge in [-0.1, -0.05) is 45.0 Å². The second-order valence-electron chi connectivity index (χ2n) is 13.1. The molecule has 0 aromatic heterocycles. The van der Waals surface area contributed by atoms with Crippen LogP contribution in [0.5, 0.6) is 5.75 Å². The van der Waals surface area contributed by atoms with Crippen molar-refractivity contribution in [2.75, 3.05) is 13.7 Å². The van der Waals surface area contributed by atoms with Crippen molar-refractivity contribution in [2.24, 2.45) is 29.1 Å². The Morgan fingerprint density at radius 1 is 1.21 bits per heavy atom. The van der Waals surface area contributed by atoms with E-state index in [2.05, 4.69) is 26.1 Å². The van der Waals surface area contributed by atoms with Gasteiger partial charge in [0.15, 0.2) is 0 Å². The molecule has 0 radical (unpaired) electrons. The maximum atomic E-state index is 14.0. The second-order valence-corrected chi connectivity index (χ2v) is 13.1. The molecule has 0 spiro atoms. The summed E-state index contributed by atoms with van der Waals surface area (Å²) in [7, 11) is 1.55. The number of para-hydroxylation sites is 1. The van der Waals surface area contributed by atoms with Crippen molar-refractivity contribution in [1.82, 2.24) is 10.4 Å². The van der Waals surface area contributed by atoms with E-state index in [4.69, 9.17) is 9.57 Å². The number of aromatic carboxylic acids is 1. The number of aliphatic hydroxyl groups is 2. The van der Waals surface area contributed by atoms with Crippen molar-refractivity contribution in [1.29, 1.82) is 0 Å². The van der Waals surface area contributed by atoms with Crippen molar-refractivity contribution in [3.05, 3.63) is 53.1 Å². The number of aryl methyl sites for hydroxylation is 1. The van der Waals surface area contributed by atoms with E-state index in [9.17, 15) is 24.9 Å². The first kappa shape index (κ1) is 30.5. The maximum absolute atomic E-state index is 14.0. The van der Waals surface area contributed by atoms with Crippen LogP contribution in [0, 0.1) is 36.0 Å². The SMILES string of the molecule is COc1c(CN2O[C@@H](CO)[C@H]([C@H](C)O)[C@H]2C(=O)N[C@H]2C[C@H]3C[C@@H]([C@@H]2C)C3(C)C)cccc1-c1cc(C)cc(C(=O)O)c1. The van der Waals surface area contributed by atoms with Gasteiger partial charge in [-0.3, -0.25) is 9.63 Å². The molecule has 6 rings (SSSR count). The number of aliphatic hydroxyl groups excluding tert-OH is 2. The van der Waals surface area contributed by atoms with Gasteiger partial charge in [-0.15, -0.1) is 0 Å². The Morgan fingerprint density at radius 2 is 1.95 bits per heavy atom. The minimum atomic E-state index is -1.01. The van der Waals surface area contributed by atoms with Crippen molar-refractivity contribution >= 4 is 11.9 Å². The van der Waals surface area contributed by atoms with Crippen LogP contribution in [0.15, 0.2) is 36.4 Å². The normalized spacial score (nSPS) is 30.8. The number of hydrogen-bond acceptors (Lipinski definition) is 7. The number of methoxy groups -OCH3 is 1. The summed E-state index contributed by atoms with van der Waals surface area (Å²) in [6.07, 6.45) is 0.486. The fourth-order valence-electron chi connectivity index (χ4n) is 7.89. The van der Waals surface area contributed by atoms with E-state index in [1.54, 1.807) is 31.2 Å². The lowest BCUT2D eigenvalue weighted by Gasteiger charge is -2.62. The average molecular weight is 581 g/mol. The summed E-state index contributed by atoms with van der Waals surface area (Å²) in [5.74, 6) is 0.147. The van der Waals surface area contributed by atoms with Crippen molar-refractivity contribution in [3.63, 3.8) is 0 Å². The van der Waals surface area contributed by atoms with Gasteiger partial charge in [-0.05, 0) is 73.1 Å². The van der Waals surface area contributed by atoms with E-state index in [0.29, 0.717) is 34.6 Å². The lowest BCUT2D eigenvalue weighted by atomic mass is 9.45. The van der Waals surface area contributed by atoms with E-state index >= 15 is 0 Å². The molecule has 1 aliphatic heterocycles. The van der Waals surface area contributed by atoms with E-state index in [0.717, 1.165) is 17.5 Å². The molecule has 0 unspecified atom stereocenters. The third kappa shape index (κ3) is 5.32. The Labute approximate surface area is 247 Å². The highest BCUT2D eigenvalue weighted by Gasteiger charge is 2.57. The molecule has 1 saturated heterocycles. The molecule has 2 aromatic rings. The molecule has 3 aliphatic carbocycles. The summed E-state index contributed by atoms with van der Waals surface area (Å²) in [6, 6.07) is 9.94. The number of nitrogens with zero attached hydrogens (tertiary/aromatic N) is 1. The van der Waals surface area contributed by atoms with E-state index in [1.165, 1.54) is 6.42 Å². The number of hydrogen-bond donors (Lipinski definition) is 4. The van der Waals surface area contributed by atoms with Crippen LogP contribution in [-0.4, -0.2) is 70.3 Å². The van der Waals surface area contributed by atoms with Crippen molar-refractivity contribution < 1.29 is 34.5 Å². The van der Waals surface area contributed by atoms with Crippen molar-refractivity contribution in [3.8, 4) is 16.9 Å². The van der Waals surface area contributed by atoms with Crippen LogP contribution in [0.1, 0.15) is 62.0 Å². The number of ether oxygens (including phenoxy) is 1. The molecule has 4 aliphatic rings. The van der Waals surface area contributed by atoms with E-state index < -0.39 is 30.1 Å². The molecular weight excluding hydrogens is 536 g/mol. The molecule has 1 heterocycles. The Hall–Kier alpha value is -2.98. The first-order chi connectivity index (χ1) is 19.9. The Morgan fingerprint density at radius 3 is 2.55 bits per heavy atom. The summed E-state index contributed by atoms with van der Waals surface area (Å²) in [4.78, 5) is 31.8. The molecule has 8 atom stereocenters. The smallest absolute Gasteiger partial charge is 0.335 e. The van der Waals surface area contributed by atoms with E-state index in [1.807, 2.05) is 31.2 Å². The lowest BCUT2D eigenvalue weighted by Crippen LogP contribution is -2.62. The van der Waals surface area contributed by atoms with E-state index in [-0.39, 0.29) is 36.1 Å². The molecule has 2 aromatic carbocycles. The van der Waals surface area contributed by atoms with Gasteiger partial charge in [-0.25, -0.2) is 4.79 Å². The minimum absolute atomic E-state index is 0.0431. The Balaban J connectivity index is 1.44. The molecule has 4 N–H and O–H groups in total. The van der Waals surface area contributed by atoms with Crippen LogP contribution >= 0.6 is 0 Å². The van der Waals surface area contributed by atoms with Gasteiger partial charge in [0.2, 0.25) is 5.91 Å². The number of carbonyl (C=O) groups excluding carboxylic acids is 1. The predicted molar refractivity (Wildman–Crippen MR) is 158 cm³/mol. The molecule has 9 heteroatoms. The Bertz CT molecular complexity index is 1340. The zero-order valence-corrected chi connectivity index (χ0v) is 25.3. The Kier molecular flexibility index (Phi) is 8.42. The standard InChI is InChI=1S/C33H44N2O7/c1-17-10-21(12-22(11-17)32(39)40)24-9-7-8-20(30(24)41-6)15-35-29(28(19(3)37)27(16-36)42-35)31(38)34-26-14-23-13-25(18(26)2)33(23,4)5/h7-12,18-19,23,25-29,36-37H,13-16H2,1-6H3,(H,34,38)(H,39,40)/t18-,19-,23+,25-,26-,27-,28-,29-/m0/s1. The number of carboxylic acid groups (broad SMARTS) is 1. The fourth-order valence-corrected chi connectivity index (χ4v) is 7.89. The van der Waals surface area contributed by atoms with Gasteiger partial charge in [-0.2, -0.15) is 5.06 Å². The first-order valence-corrected chi connectivity index (χ1v) is 14.9. The number of fused-ring (bicyclic) bond motifs is 2. The lowest BCUT2D eigenvalue weighted by molar-refractivity contribution is -0.183. The number of rotatable bonds is 9. The van der Waals surface area contributed by atoms with Crippen LogP contribution in [0.3, 0.4) is 0 Å². The second kappa shape index (κ2) is 11.6. The molecule has 42 heavy (non-hydrogen) atoms. The summed E-state index contributed by atoms with van der Waals surface area (Å²) in [5.41, 5.74) is 3.41. The number of hydroxylamine groups is 2. The van der Waals surface area contributed by atoms with Crippen LogP contribution in [0.2, 0.25) is 0 Å². The number of benzene rings is 2. The first-order valence-electron chi connectivity index (χ1n) is 14.9. The number of nitrogens with one attached hydrogen (secondary N) is 1. The highest BCUT2D eigenvalue weighted by Crippen LogP contribution is 2.61. The topological polar surface area (TPSA) is 129 Å². The summed E-state index contributed by atoms with van der Waals surface area (Å²) in [5, 5.41) is 35.4. The highest BCUT2D eigenvalue weighted by molar-refractivity contribution is 5.90. The van der Waals surface area contributed by atoms with Gasteiger partial charge in [0.05, 0.1) is 31.9 Å². The molecule has 9 nitrogen and oxygen atoms in total. The van der Waals surface area contributed by atoms with Gasteiger partial charge in [0.25, 0.3) is 0 Å². The molecular formula is C33H44N2O7. The van der Waals surface area contributed by atoms with Crippen molar-refractivity contribution in [2.45, 2.75) is 78.3 Å². The summed E-state index contributed by atoms with van der Waals surface area (Å²) < 4.78 is 5.85. The number of carboxylic acids is 1. The molecule has 4 fully saturated rings. The third-order valence-electron chi connectivity index (χ3n) is 10.3. The quantitative estimate of drug-likeness (QED) is 0.350. The summed E-state index contributed by atoms with van der Waals surface area (Å²) in [6.45, 7) is 10.1. The van der Waals surface area contributed by atoms with Gasteiger partial charge < -0.3 is 25.4 Å². The van der Waals surface area contributed by atoms with Crippen LogP contribution < -0.4 is 10.1 Å².